The minimum absolute atomic E-state index is 0.00810. The van der Waals surface area contributed by atoms with Crippen LogP contribution < -0.4 is 0 Å². The van der Waals surface area contributed by atoms with E-state index in [9.17, 15) is 9.18 Å². The summed E-state index contributed by atoms with van der Waals surface area (Å²) in [7, 11) is 0. The van der Waals surface area contributed by atoms with Gasteiger partial charge in [-0.05, 0) is 25.7 Å². The number of carbonyl (C=O) groups is 1. The molecule has 0 aliphatic heterocycles. The third kappa shape index (κ3) is 1.77. The summed E-state index contributed by atoms with van der Waals surface area (Å²) >= 11 is 0. The van der Waals surface area contributed by atoms with Crippen LogP contribution in [0.5, 0.6) is 0 Å². The summed E-state index contributed by atoms with van der Waals surface area (Å²) in [5, 5.41) is 0. The molecule has 0 amide bonds. The standard InChI is InChI=1S/C7H11FO/c8-7-3-1-2-6(4-7)5-9/h5-7H,1-4H2/t6-,7+/m1/s1. The summed E-state index contributed by atoms with van der Waals surface area (Å²) in [4.78, 5) is 10.1. The van der Waals surface area contributed by atoms with Crippen LogP contribution in [0.15, 0.2) is 0 Å². The molecule has 2 atom stereocenters. The molecule has 0 unspecified atom stereocenters. The van der Waals surface area contributed by atoms with Gasteiger partial charge in [0.1, 0.15) is 12.5 Å². The van der Waals surface area contributed by atoms with Crippen molar-refractivity contribution in [2.24, 2.45) is 5.92 Å². The summed E-state index contributed by atoms with van der Waals surface area (Å²) in [6.45, 7) is 0. The molecule has 0 N–H and O–H groups in total. The largest absolute Gasteiger partial charge is 0.303 e. The van der Waals surface area contributed by atoms with E-state index >= 15 is 0 Å². The van der Waals surface area contributed by atoms with Crippen molar-refractivity contribution in [3.8, 4) is 0 Å². The highest BCUT2D eigenvalue weighted by atomic mass is 19.1. The lowest BCUT2D eigenvalue weighted by atomic mass is 9.89. The summed E-state index contributed by atoms with van der Waals surface area (Å²) in [5.41, 5.74) is 0. The number of hydrogen-bond acceptors (Lipinski definition) is 1. The monoisotopic (exact) mass is 130 g/mol. The second-order valence-corrected chi connectivity index (χ2v) is 2.66. The number of aldehydes is 1. The van der Waals surface area contributed by atoms with Crippen molar-refractivity contribution in [2.45, 2.75) is 31.9 Å². The van der Waals surface area contributed by atoms with Crippen LogP contribution in [0, 0.1) is 5.92 Å². The van der Waals surface area contributed by atoms with Gasteiger partial charge in [-0.15, -0.1) is 0 Å². The quantitative estimate of drug-likeness (QED) is 0.494. The Kier molecular flexibility index (Phi) is 2.20. The maximum Gasteiger partial charge on any atom is 0.123 e. The van der Waals surface area contributed by atoms with Gasteiger partial charge in [-0.2, -0.15) is 0 Å². The molecule has 0 heterocycles. The normalized spacial score (nSPS) is 36.1. The zero-order valence-electron chi connectivity index (χ0n) is 5.35. The van der Waals surface area contributed by atoms with Gasteiger partial charge in [0.25, 0.3) is 0 Å². The first-order chi connectivity index (χ1) is 4.33. The first-order valence-electron chi connectivity index (χ1n) is 3.42. The summed E-state index contributed by atoms with van der Waals surface area (Å²) < 4.78 is 12.5. The summed E-state index contributed by atoms with van der Waals surface area (Å²) in [5.74, 6) is 0.00810. The van der Waals surface area contributed by atoms with Crippen LogP contribution in [0.3, 0.4) is 0 Å². The van der Waals surface area contributed by atoms with Crippen LogP contribution in [0.25, 0.3) is 0 Å². The molecule has 0 saturated heterocycles. The van der Waals surface area contributed by atoms with Crippen molar-refractivity contribution in [1.82, 2.24) is 0 Å². The molecule has 0 aromatic rings. The fraction of sp³-hybridized carbons (Fsp3) is 0.857. The van der Waals surface area contributed by atoms with Crippen molar-refractivity contribution in [2.75, 3.05) is 0 Å². The first kappa shape index (κ1) is 6.72. The topological polar surface area (TPSA) is 17.1 Å². The average molecular weight is 130 g/mol. The predicted molar refractivity (Wildman–Crippen MR) is 32.9 cm³/mol. The van der Waals surface area contributed by atoms with Crippen molar-refractivity contribution in [3.05, 3.63) is 0 Å². The molecule has 0 aromatic heterocycles. The molecule has 52 valence electrons. The molecule has 1 nitrogen and oxygen atoms in total. The van der Waals surface area contributed by atoms with Gasteiger partial charge < -0.3 is 4.79 Å². The second kappa shape index (κ2) is 2.95. The lowest BCUT2D eigenvalue weighted by Gasteiger charge is -2.18. The molecular weight excluding hydrogens is 119 g/mol. The Labute approximate surface area is 54.3 Å². The van der Waals surface area contributed by atoms with E-state index in [0.29, 0.717) is 12.8 Å². The van der Waals surface area contributed by atoms with Crippen molar-refractivity contribution in [1.29, 1.82) is 0 Å². The van der Waals surface area contributed by atoms with E-state index in [1.165, 1.54) is 0 Å². The van der Waals surface area contributed by atoms with Gasteiger partial charge in [0, 0.05) is 5.92 Å². The molecule has 1 aliphatic carbocycles. The second-order valence-electron chi connectivity index (χ2n) is 2.66. The highest BCUT2D eigenvalue weighted by Crippen LogP contribution is 2.24. The van der Waals surface area contributed by atoms with Gasteiger partial charge in [0.05, 0.1) is 0 Å². The Morgan fingerprint density at radius 2 is 2.22 bits per heavy atom. The fourth-order valence-electron chi connectivity index (χ4n) is 1.29. The van der Waals surface area contributed by atoms with E-state index < -0.39 is 6.17 Å². The van der Waals surface area contributed by atoms with E-state index in [4.69, 9.17) is 0 Å². The smallest absolute Gasteiger partial charge is 0.123 e. The molecule has 1 rings (SSSR count). The summed E-state index contributed by atoms with van der Waals surface area (Å²) in [6, 6.07) is 0. The maximum atomic E-state index is 12.5. The van der Waals surface area contributed by atoms with Gasteiger partial charge in [-0.1, -0.05) is 0 Å². The van der Waals surface area contributed by atoms with E-state index in [-0.39, 0.29) is 5.92 Å². The Hall–Kier alpha value is -0.400. The van der Waals surface area contributed by atoms with Gasteiger partial charge in [-0.3, -0.25) is 0 Å². The third-order valence-electron chi connectivity index (χ3n) is 1.84. The molecule has 2 heteroatoms. The van der Waals surface area contributed by atoms with Crippen LogP contribution in [0.4, 0.5) is 4.39 Å². The third-order valence-corrected chi connectivity index (χ3v) is 1.84. The highest BCUT2D eigenvalue weighted by molar-refractivity contribution is 5.53. The lowest BCUT2D eigenvalue weighted by Crippen LogP contribution is -2.16. The number of carbonyl (C=O) groups excluding carboxylic acids is 1. The van der Waals surface area contributed by atoms with Gasteiger partial charge in [0.2, 0.25) is 0 Å². The van der Waals surface area contributed by atoms with Gasteiger partial charge in [-0.25, -0.2) is 4.39 Å². The molecule has 1 aliphatic rings. The van der Waals surface area contributed by atoms with E-state index in [1.807, 2.05) is 0 Å². The first-order valence-corrected chi connectivity index (χ1v) is 3.42. The van der Waals surface area contributed by atoms with Crippen molar-refractivity contribution in [3.63, 3.8) is 0 Å². The number of hydrogen-bond donors (Lipinski definition) is 0. The van der Waals surface area contributed by atoms with Gasteiger partial charge in [0.15, 0.2) is 0 Å². The minimum atomic E-state index is -0.714. The Morgan fingerprint density at radius 1 is 1.44 bits per heavy atom. The predicted octanol–water partition coefficient (Wildman–Crippen LogP) is 1.71. The molecule has 0 bridgehead atoms. The minimum Gasteiger partial charge on any atom is -0.303 e. The molecule has 0 radical (unpaired) electrons. The Bertz CT molecular complexity index is 103. The van der Waals surface area contributed by atoms with Crippen LogP contribution in [-0.2, 0) is 4.79 Å². The van der Waals surface area contributed by atoms with Crippen LogP contribution in [0.1, 0.15) is 25.7 Å². The SMILES string of the molecule is O=C[C@@H]1CCC[C@H](F)C1. The van der Waals surface area contributed by atoms with Crippen LogP contribution in [0.2, 0.25) is 0 Å². The van der Waals surface area contributed by atoms with E-state index in [2.05, 4.69) is 0 Å². The van der Waals surface area contributed by atoms with Gasteiger partial charge >= 0.3 is 0 Å². The van der Waals surface area contributed by atoms with E-state index in [1.54, 1.807) is 0 Å². The van der Waals surface area contributed by atoms with Crippen LogP contribution in [-0.4, -0.2) is 12.5 Å². The highest BCUT2D eigenvalue weighted by Gasteiger charge is 2.20. The molecule has 1 saturated carbocycles. The number of alkyl halides is 1. The van der Waals surface area contributed by atoms with Crippen LogP contribution >= 0.6 is 0 Å². The molecule has 9 heavy (non-hydrogen) atoms. The Morgan fingerprint density at radius 3 is 2.67 bits per heavy atom. The fourth-order valence-corrected chi connectivity index (χ4v) is 1.29. The van der Waals surface area contributed by atoms with Crippen molar-refractivity contribution < 1.29 is 9.18 Å². The zero-order valence-corrected chi connectivity index (χ0v) is 5.35. The maximum absolute atomic E-state index is 12.5. The molecular formula is C7H11FO. The Balaban J connectivity index is 2.31. The van der Waals surface area contributed by atoms with E-state index in [0.717, 1.165) is 19.1 Å². The molecule has 0 spiro atoms. The average Bonchev–Trinajstić information content (AvgIpc) is 1.88. The number of rotatable bonds is 1. The lowest BCUT2D eigenvalue weighted by molar-refractivity contribution is -0.112. The summed E-state index contributed by atoms with van der Waals surface area (Å²) in [6.07, 6.45) is 3.06. The molecule has 0 aromatic carbocycles. The molecule has 1 fully saturated rings. The van der Waals surface area contributed by atoms with Crippen molar-refractivity contribution >= 4 is 6.29 Å². The zero-order chi connectivity index (χ0) is 6.69. The number of halogens is 1.